The van der Waals surface area contributed by atoms with Crippen LogP contribution < -0.4 is 22.1 Å². The molecule has 2 aromatic carbocycles. The molecule has 1 aliphatic rings. The summed E-state index contributed by atoms with van der Waals surface area (Å²) < 4.78 is 25.8. The quantitative estimate of drug-likeness (QED) is 0.109. The summed E-state index contributed by atoms with van der Waals surface area (Å²) in [5, 5.41) is 10.4. The van der Waals surface area contributed by atoms with Gasteiger partial charge in [0.2, 0.25) is 11.9 Å². The van der Waals surface area contributed by atoms with Gasteiger partial charge in [-0.1, -0.05) is 54.6 Å². The van der Waals surface area contributed by atoms with Gasteiger partial charge in [0.15, 0.2) is 9.84 Å². The average molecular weight is 600 g/mol. The number of urea groups is 1. The van der Waals surface area contributed by atoms with E-state index >= 15 is 0 Å². The van der Waals surface area contributed by atoms with Crippen molar-refractivity contribution in [3.8, 4) is 0 Å². The molecule has 2 unspecified atom stereocenters. The van der Waals surface area contributed by atoms with E-state index in [0.29, 0.717) is 32.4 Å². The summed E-state index contributed by atoms with van der Waals surface area (Å²) in [6, 6.07) is 15.9. The van der Waals surface area contributed by atoms with E-state index < -0.39 is 27.8 Å². The second kappa shape index (κ2) is 16.4. The first kappa shape index (κ1) is 32.4. The zero-order valence-corrected chi connectivity index (χ0v) is 24.7. The number of guanidine groups is 1. The second-order valence-electron chi connectivity index (χ2n) is 10.1. The largest absolute Gasteiger partial charge is 0.393 e. The minimum Gasteiger partial charge on any atom is -0.393 e. The molecule has 6 N–H and O–H groups in total. The summed E-state index contributed by atoms with van der Waals surface area (Å²) in [5.41, 5.74) is 11.6. The van der Waals surface area contributed by atoms with Crippen molar-refractivity contribution >= 4 is 27.7 Å². The molecule has 1 saturated heterocycles. The van der Waals surface area contributed by atoms with Crippen LogP contribution >= 0.6 is 0 Å². The number of oxime groups is 1. The van der Waals surface area contributed by atoms with Crippen molar-refractivity contribution in [1.29, 1.82) is 0 Å². The smallest absolute Gasteiger partial charge is 0.318 e. The number of amides is 3. The predicted octanol–water partition coefficient (Wildman–Crippen LogP) is 1.40. The number of hydrogen-bond donors (Lipinski definition) is 4. The lowest BCUT2D eigenvalue weighted by Gasteiger charge is -2.33. The highest BCUT2D eigenvalue weighted by molar-refractivity contribution is 7.94. The number of hydrogen-bond acceptors (Lipinski definition) is 7. The van der Waals surface area contributed by atoms with E-state index in [1.807, 2.05) is 37.4 Å². The molecule has 1 fully saturated rings. The van der Waals surface area contributed by atoms with Crippen molar-refractivity contribution in [2.24, 2.45) is 16.6 Å². The molecule has 0 bridgehead atoms. The molecule has 42 heavy (non-hydrogen) atoms. The van der Waals surface area contributed by atoms with Gasteiger partial charge in [-0.2, -0.15) is 0 Å². The van der Waals surface area contributed by atoms with Crippen molar-refractivity contribution in [3.05, 3.63) is 77.7 Å². The van der Waals surface area contributed by atoms with Gasteiger partial charge in [-0.15, -0.1) is 0 Å². The molecule has 0 saturated carbocycles. The number of likely N-dealkylation sites (N-methyl/N-ethyl adjacent to an activating group) is 1. The van der Waals surface area contributed by atoms with Gasteiger partial charge >= 0.3 is 6.03 Å². The van der Waals surface area contributed by atoms with E-state index in [-0.39, 0.29) is 29.9 Å². The van der Waals surface area contributed by atoms with Crippen molar-refractivity contribution in [1.82, 2.24) is 20.4 Å². The van der Waals surface area contributed by atoms with Crippen molar-refractivity contribution in [2.45, 2.75) is 42.7 Å². The number of nitrogens with two attached hydrogens (primary N) is 2. The molecule has 228 valence electrons. The molecule has 13 heteroatoms. The molecule has 12 nitrogen and oxygen atoms in total. The lowest BCUT2D eigenvalue weighted by molar-refractivity contribution is -0.123. The second-order valence-corrected chi connectivity index (χ2v) is 11.9. The van der Waals surface area contributed by atoms with Crippen LogP contribution in [0.5, 0.6) is 0 Å². The third-order valence-corrected chi connectivity index (χ3v) is 8.22. The van der Waals surface area contributed by atoms with E-state index in [2.05, 4.69) is 20.7 Å². The van der Waals surface area contributed by atoms with Gasteiger partial charge in [0.1, 0.15) is 12.6 Å². The highest BCUT2D eigenvalue weighted by atomic mass is 32.2. The maximum atomic E-state index is 13.6. The number of carbonyl (C=O) groups is 2. The van der Waals surface area contributed by atoms with Crippen LogP contribution in [0.1, 0.15) is 24.8 Å². The van der Waals surface area contributed by atoms with Gasteiger partial charge in [0.25, 0.3) is 0 Å². The standard InChI is InChI=1S/C29H41N7O5S/c1-35-17-19-36(20-18-35)29(38)33-26(13-8-21-41-34-28(30)31)27(37)32-24(15-14-23-9-4-2-5-10-23)16-22-42(39,40)25-11-6-3-7-12-25/h2-7,9-12,16,22,24,26H,8,13-15,17-21H2,1H3,(H,32,37)(H,33,38)(H4,30,31,34). The molecule has 0 aromatic heterocycles. The Balaban J connectivity index is 1.75. The molecule has 3 amide bonds. The van der Waals surface area contributed by atoms with Crippen LogP contribution in [0, 0.1) is 0 Å². The fourth-order valence-corrected chi connectivity index (χ4v) is 5.43. The highest BCUT2D eigenvalue weighted by Gasteiger charge is 2.26. The van der Waals surface area contributed by atoms with Crippen LogP contribution in [-0.2, 0) is 25.9 Å². The van der Waals surface area contributed by atoms with E-state index in [0.717, 1.165) is 24.1 Å². The minimum atomic E-state index is -3.72. The Morgan fingerprint density at radius 1 is 0.976 bits per heavy atom. The molecule has 0 spiro atoms. The summed E-state index contributed by atoms with van der Waals surface area (Å²) >= 11 is 0. The summed E-state index contributed by atoms with van der Waals surface area (Å²) in [7, 11) is -1.73. The lowest BCUT2D eigenvalue weighted by atomic mass is 10.0. The number of rotatable bonds is 14. The van der Waals surface area contributed by atoms with Gasteiger partial charge in [-0.25, -0.2) is 13.2 Å². The number of nitrogens with one attached hydrogen (secondary N) is 2. The van der Waals surface area contributed by atoms with Crippen LogP contribution in [0.2, 0.25) is 0 Å². The monoisotopic (exact) mass is 599 g/mol. The zero-order valence-electron chi connectivity index (χ0n) is 23.9. The Bertz CT molecular complexity index is 1290. The van der Waals surface area contributed by atoms with Gasteiger partial charge < -0.3 is 36.7 Å². The topological polar surface area (TPSA) is 172 Å². The Kier molecular flexibility index (Phi) is 12.6. The number of aryl methyl sites for hydroxylation is 1. The number of piperazine rings is 1. The summed E-state index contributed by atoms with van der Waals surface area (Å²) in [6.07, 6.45) is 3.17. The third-order valence-electron chi connectivity index (χ3n) is 6.78. The van der Waals surface area contributed by atoms with Crippen molar-refractivity contribution < 1.29 is 22.8 Å². The summed E-state index contributed by atoms with van der Waals surface area (Å²) in [4.78, 5) is 35.6. The van der Waals surface area contributed by atoms with Gasteiger partial charge in [0.05, 0.1) is 4.90 Å². The van der Waals surface area contributed by atoms with Gasteiger partial charge in [-0.3, -0.25) is 4.79 Å². The molecule has 0 radical (unpaired) electrons. The van der Waals surface area contributed by atoms with Crippen molar-refractivity contribution in [3.63, 3.8) is 0 Å². The first-order chi connectivity index (χ1) is 20.1. The predicted molar refractivity (Wildman–Crippen MR) is 162 cm³/mol. The summed E-state index contributed by atoms with van der Waals surface area (Å²) in [5.74, 6) is -0.648. The van der Waals surface area contributed by atoms with E-state index in [9.17, 15) is 18.0 Å². The molecule has 1 heterocycles. The van der Waals surface area contributed by atoms with E-state index in [1.165, 1.54) is 18.2 Å². The van der Waals surface area contributed by atoms with Gasteiger partial charge in [-0.05, 0) is 55.6 Å². The van der Waals surface area contributed by atoms with Crippen molar-refractivity contribution in [2.75, 3.05) is 39.8 Å². The first-order valence-electron chi connectivity index (χ1n) is 13.9. The molecule has 1 aliphatic heterocycles. The van der Waals surface area contributed by atoms with Crippen LogP contribution in [0.25, 0.3) is 0 Å². The van der Waals surface area contributed by atoms with Crippen LogP contribution in [0.15, 0.2) is 82.2 Å². The fourth-order valence-electron chi connectivity index (χ4n) is 4.34. The van der Waals surface area contributed by atoms with Crippen LogP contribution in [0.3, 0.4) is 0 Å². The number of carbonyl (C=O) groups excluding carboxylic acids is 2. The normalized spacial score (nSPS) is 15.5. The Morgan fingerprint density at radius 2 is 1.62 bits per heavy atom. The minimum absolute atomic E-state index is 0.138. The molecular formula is C29H41N7O5S. The molecule has 2 aromatic rings. The Labute approximate surface area is 247 Å². The van der Waals surface area contributed by atoms with E-state index in [1.54, 1.807) is 23.1 Å². The highest BCUT2D eigenvalue weighted by Crippen LogP contribution is 2.14. The maximum absolute atomic E-state index is 13.6. The molecular weight excluding hydrogens is 558 g/mol. The number of nitrogens with zero attached hydrogens (tertiary/aromatic N) is 3. The average Bonchev–Trinajstić information content (AvgIpc) is 2.98. The van der Waals surface area contributed by atoms with Crippen LogP contribution in [0.4, 0.5) is 4.79 Å². The molecule has 0 aliphatic carbocycles. The SMILES string of the molecule is CN1CCN(C(=O)NC(CCCON=C(N)N)C(=O)NC(C=CS(=O)(=O)c2ccccc2)CCc2ccccc2)CC1. The molecule has 2 atom stereocenters. The van der Waals surface area contributed by atoms with Crippen LogP contribution in [-0.4, -0.2) is 88.0 Å². The Morgan fingerprint density at radius 3 is 2.26 bits per heavy atom. The molecule has 3 rings (SSSR count). The maximum Gasteiger partial charge on any atom is 0.318 e. The lowest BCUT2D eigenvalue weighted by Crippen LogP contribution is -2.56. The van der Waals surface area contributed by atoms with Gasteiger partial charge in [0, 0.05) is 37.6 Å². The van der Waals surface area contributed by atoms with E-state index in [4.69, 9.17) is 16.3 Å². The zero-order chi connectivity index (χ0) is 30.4. The number of sulfone groups is 1. The first-order valence-corrected chi connectivity index (χ1v) is 15.5. The third kappa shape index (κ3) is 11.1. The fraction of sp³-hybridized carbons (Fsp3) is 0.414. The Hall–Kier alpha value is -4.10. The number of benzene rings is 2. The summed E-state index contributed by atoms with van der Waals surface area (Å²) in [6.45, 7) is 2.70.